The maximum absolute atomic E-state index is 11.9. The van der Waals surface area contributed by atoms with Crippen molar-refractivity contribution in [3.63, 3.8) is 0 Å². The predicted octanol–water partition coefficient (Wildman–Crippen LogP) is 3.67. The number of carbonyl (C=O) groups is 1. The van der Waals surface area contributed by atoms with Gasteiger partial charge in [0.25, 0.3) is 5.91 Å². The molecule has 0 aliphatic carbocycles. The van der Waals surface area contributed by atoms with Crippen molar-refractivity contribution in [1.82, 2.24) is 15.4 Å². The number of hydrazone groups is 1. The Kier molecular flexibility index (Phi) is 6.00. The second kappa shape index (κ2) is 9.38. The molecule has 0 fully saturated rings. The molecule has 0 bridgehead atoms. The lowest BCUT2D eigenvalue weighted by molar-refractivity contribution is -0.123. The van der Waals surface area contributed by atoms with Crippen molar-refractivity contribution in [1.29, 1.82) is 0 Å². The second-order valence-electron chi connectivity index (χ2n) is 6.48. The summed E-state index contributed by atoms with van der Waals surface area (Å²) in [7, 11) is 0. The number of nitrogens with one attached hydrogen (secondary N) is 2. The van der Waals surface area contributed by atoms with Gasteiger partial charge in [0, 0.05) is 23.2 Å². The highest BCUT2D eigenvalue weighted by Gasteiger charge is 2.06. The number of carbonyl (C=O) groups excluding carboxylic acids is 1. The Labute approximate surface area is 173 Å². The van der Waals surface area contributed by atoms with Gasteiger partial charge in [-0.2, -0.15) is 5.10 Å². The zero-order chi connectivity index (χ0) is 20.6. The monoisotopic (exact) mass is 400 g/mol. The van der Waals surface area contributed by atoms with Crippen molar-refractivity contribution in [2.75, 3.05) is 6.61 Å². The van der Waals surface area contributed by atoms with Crippen LogP contribution in [0.4, 0.5) is 0 Å². The number of aromatic amines is 1. The Bertz CT molecular complexity index is 1140. The van der Waals surface area contributed by atoms with Crippen molar-refractivity contribution in [2.45, 2.75) is 6.61 Å². The first-order chi connectivity index (χ1) is 14.8. The number of para-hydroxylation sites is 1. The van der Waals surface area contributed by atoms with Gasteiger partial charge in [-0.3, -0.25) is 4.79 Å². The van der Waals surface area contributed by atoms with Crippen LogP contribution < -0.4 is 14.9 Å². The minimum atomic E-state index is -0.344. The number of amides is 1. The van der Waals surface area contributed by atoms with Gasteiger partial charge >= 0.3 is 0 Å². The molecule has 0 aliphatic rings. The van der Waals surface area contributed by atoms with E-state index in [4.69, 9.17) is 9.47 Å². The number of pyridine rings is 1. The van der Waals surface area contributed by atoms with Crippen LogP contribution >= 0.6 is 0 Å². The molecule has 2 N–H and O–H groups in total. The number of H-pyrrole nitrogens is 1. The zero-order valence-electron chi connectivity index (χ0n) is 16.1. The van der Waals surface area contributed by atoms with Crippen LogP contribution in [0.3, 0.4) is 0 Å². The van der Waals surface area contributed by atoms with Gasteiger partial charge in [0.05, 0.1) is 17.9 Å². The van der Waals surface area contributed by atoms with Crippen LogP contribution in [-0.2, 0) is 11.4 Å². The number of fused-ring (bicyclic) bond motifs is 1. The number of hydrogen-bond donors (Lipinski definition) is 2. The molecule has 0 saturated heterocycles. The van der Waals surface area contributed by atoms with E-state index in [2.05, 4.69) is 20.5 Å². The Hall–Kier alpha value is -4.13. The summed E-state index contributed by atoms with van der Waals surface area (Å²) in [5.74, 6) is 0.799. The molecule has 4 aromatic rings. The van der Waals surface area contributed by atoms with E-state index in [0.717, 1.165) is 22.0 Å². The lowest BCUT2D eigenvalue weighted by Gasteiger charge is -2.05. The van der Waals surface area contributed by atoms with E-state index >= 15 is 0 Å². The minimum Gasteiger partial charge on any atom is -0.484 e. The van der Waals surface area contributed by atoms with Gasteiger partial charge in [0.15, 0.2) is 6.61 Å². The molecule has 0 spiro atoms. The van der Waals surface area contributed by atoms with Crippen LogP contribution in [0.5, 0.6) is 11.6 Å². The summed E-state index contributed by atoms with van der Waals surface area (Å²) in [5, 5.41) is 4.91. The van der Waals surface area contributed by atoms with Crippen molar-refractivity contribution < 1.29 is 14.3 Å². The molecule has 7 heteroatoms. The van der Waals surface area contributed by atoms with E-state index in [9.17, 15) is 4.79 Å². The molecule has 2 aromatic heterocycles. The molecule has 0 radical (unpaired) electrons. The molecule has 150 valence electrons. The molecule has 2 aromatic carbocycles. The number of ether oxygens (including phenoxy) is 2. The van der Waals surface area contributed by atoms with E-state index < -0.39 is 0 Å². The molecular formula is C23H20N4O3. The van der Waals surface area contributed by atoms with Gasteiger partial charge in [-0.05, 0) is 17.7 Å². The Morgan fingerprint density at radius 1 is 1.07 bits per heavy atom. The minimum absolute atomic E-state index is 0.114. The maximum atomic E-state index is 11.9. The van der Waals surface area contributed by atoms with Gasteiger partial charge in [0.2, 0.25) is 5.88 Å². The van der Waals surface area contributed by atoms with E-state index in [1.165, 1.54) is 0 Å². The third-order valence-electron chi connectivity index (χ3n) is 4.31. The largest absolute Gasteiger partial charge is 0.484 e. The van der Waals surface area contributed by atoms with Gasteiger partial charge in [-0.15, -0.1) is 0 Å². The molecule has 0 atom stereocenters. The standard InChI is InChI=1S/C23H20N4O3/c28-22(16-29-19-9-5-2-6-10-19)27-26-13-18-12-24-21-14-25-23(11-20(18)21)30-15-17-7-3-1-4-8-17/h1-14,24H,15-16H2,(H,27,28)/b26-13+. The fourth-order valence-electron chi connectivity index (χ4n) is 2.81. The fraction of sp³-hybridized carbons (Fsp3) is 0.0870. The lowest BCUT2D eigenvalue weighted by atomic mass is 10.2. The molecular weight excluding hydrogens is 380 g/mol. The van der Waals surface area contributed by atoms with Gasteiger partial charge in [-0.1, -0.05) is 48.5 Å². The Morgan fingerprint density at radius 3 is 2.63 bits per heavy atom. The zero-order valence-corrected chi connectivity index (χ0v) is 16.1. The van der Waals surface area contributed by atoms with E-state index in [-0.39, 0.29) is 12.5 Å². The normalized spacial score (nSPS) is 10.9. The highest BCUT2D eigenvalue weighted by molar-refractivity contribution is 5.99. The molecule has 1 amide bonds. The van der Waals surface area contributed by atoms with Crippen LogP contribution in [0.1, 0.15) is 11.1 Å². The first-order valence-electron chi connectivity index (χ1n) is 9.41. The van der Waals surface area contributed by atoms with Crippen LogP contribution in [0.15, 0.2) is 84.2 Å². The Morgan fingerprint density at radius 2 is 1.83 bits per heavy atom. The first kappa shape index (κ1) is 19.2. The summed E-state index contributed by atoms with van der Waals surface area (Å²) < 4.78 is 11.2. The fourth-order valence-corrected chi connectivity index (χ4v) is 2.81. The molecule has 0 unspecified atom stereocenters. The SMILES string of the molecule is O=C(COc1ccccc1)N/N=C/c1c[nH]c2cnc(OCc3ccccc3)cc12. The smallest absolute Gasteiger partial charge is 0.277 e. The van der Waals surface area contributed by atoms with Crippen molar-refractivity contribution in [3.8, 4) is 11.6 Å². The van der Waals surface area contributed by atoms with Gasteiger partial charge < -0.3 is 14.5 Å². The first-order valence-corrected chi connectivity index (χ1v) is 9.41. The van der Waals surface area contributed by atoms with E-state index in [0.29, 0.717) is 18.2 Å². The second-order valence-corrected chi connectivity index (χ2v) is 6.48. The summed E-state index contributed by atoms with van der Waals surface area (Å²) in [5.41, 5.74) is 5.18. The number of rotatable bonds is 8. The summed E-state index contributed by atoms with van der Waals surface area (Å²) >= 11 is 0. The number of hydrogen-bond acceptors (Lipinski definition) is 5. The van der Waals surface area contributed by atoms with Crippen LogP contribution in [0.2, 0.25) is 0 Å². The van der Waals surface area contributed by atoms with Crippen LogP contribution in [0.25, 0.3) is 10.9 Å². The number of benzene rings is 2. The predicted molar refractivity (Wildman–Crippen MR) is 115 cm³/mol. The van der Waals surface area contributed by atoms with Crippen LogP contribution in [-0.4, -0.2) is 28.7 Å². The third-order valence-corrected chi connectivity index (χ3v) is 4.31. The molecule has 2 heterocycles. The van der Waals surface area contributed by atoms with E-state index in [1.54, 1.807) is 30.7 Å². The van der Waals surface area contributed by atoms with Gasteiger partial charge in [0.1, 0.15) is 12.4 Å². The van der Waals surface area contributed by atoms with Crippen molar-refractivity contribution in [3.05, 3.63) is 90.3 Å². The summed E-state index contributed by atoms with van der Waals surface area (Å²) in [6.45, 7) is 0.321. The van der Waals surface area contributed by atoms with Crippen molar-refractivity contribution >= 4 is 23.0 Å². The topological polar surface area (TPSA) is 88.6 Å². The summed E-state index contributed by atoms with van der Waals surface area (Å²) in [6.07, 6.45) is 5.07. The molecule has 0 aliphatic heterocycles. The van der Waals surface area contributed by atoms with E-state index in [1.807, 2.05) is 54.6 Å². The molecule has 4 rings (SSSR count). The molecule has 0 saturated carbocycles. The molecule has 30 heavy (non-hydrogen) atoms. The maximum Gasteiger partial charge on any atom is 0.277 e. The lowest BCUT2D eigenvalue weighted by Crippen LogP contribution is -2.24. The highest BCUT2D eigenvalue weighted by Crippen LogP contribution is 2.21. The average Bonchev–Trinajstić information content (AvgIpc) is 3.20. The highest BCUT2D eigenvalue weighted by atomic mass is 16.5. The van der Waals surface area contributed by atoms with Gasteiger partial charge in [-0.25, -0.2) is 10.4 Å². The number of nitrogens with zero attached hydrogens (tertiary/aromatic N) is 2. The summed E-state index contributed by atoms with van der Waals surface area (Å²) in [6, 6.07) is 20.9. The quantitative estimate of drug-likeness (QED) is 0.349. The molecule has 7 nitrogen and oxygen atoms in total. The van der Waals surface area contributed by atoms with Crippen LogP contribution in [0, 0.1) is 0 Å². The van der Waals surface area contributed by atoms with Crippen molar-refractivity contribution in [2.24, 2.45) is 5.10 Å². The average molecular weight is 400 g/mol. The summed E-state index contributed by atoms with van der Waals surface area (Å²) in [4.78, 5) is 19.3. The Balaban J connectivity index is 1.35. The third kappa shape index (κ3) is 5.02. The number of aromatic nitrogens is 2.